The number of hydrogen-bond acceptors (Lipinski definition) is 6. The van der Waals surface area contributed by atoms with Crippen molar-refractivity contribution < 1.29 is 28.7 Å². The summed E-state index contributed by atoms with van der Waals surface area (Å²) in [6, 6.07) is 4.96. The van der Waals surface area contributed by atoms with Gasteiger partial charge in [0.05, 0.1) is 11.8 Å². The van der Waals surface area contributed by atoms with Gasteiger partial charge < -0.3 is 4.74 Å². The Kier molecular flexibility index (Phi) is 6.43. The number of hydrazine groups is 1. The number of halogens is 1. The summed E-state index contributed by atoms with van der Waals surface area (Å²) in [6.07, 6.45) is 2.79. The second-order valence-electron chi connectivity index (χ2n) is 9.24. The van der Waals surface area contributed by atoms with Crippen molar-refractivity contribution in [2.24, 2.45) is 29.6 Å². The number of nitrogens with one attached hydrogen (secondary N) is 2. The standard InChI is InChI=1S/C23H26ClN3O6/c1-11(2)19(27-21(30)17-13-3-4-14(9-13)18(17)22(27)31)23(32)33-10-16(28)25-26-20(29)12-5-7-15(24)8-6-12/h5-8,11,13-14,17-19H,3-4,9-10H2,1-2H3,(H,25,28)(H,26,29)/t13-,14-,17-,18+,19+/m0/s1. The molecule has 1 aromatic carbocycles. The number of benzene rings is 1. The molecule has 4 rings (SSSR count). The lowest BCUT2D eigenvalue weighted by molar-refractivity contribution is -0.162. The fourth-order valence-electron chi connectivity index (χ4n) is 5.44. The second-order valence-corrected chi connectivity index (χ2v) is 9.67. The number of esters is 1. The number of rotatable bonds is 6. The van der Waals surface area contributed by atoms with E-state index in [-0.39, 0.29) is 47.0 Å². The van der Waals surface area contributed by atoms with Crippen molar-refractivity contribution in [2.45, 2.75) is 39.2 Å². The summed E-state index contributed by atoms with van der Waals surface area (Å²) >= 11 is 5.78. The van der Waals surface area contributed by atoms with E-state index in [1.165, 1.54) is 24.3 Å². The average molecular weight is 476 g/mol. The Hall–Kier alpha value is -2.94. The Labute approximate surface area is 196 Å². The van der Waals surface area contributed by atoms with Crippen LogP contribution in [-0.4, -0.2) is 47.1 Å². The van der Waals surface area contributed by atoms with Crippen LogP contribution in [0.4, 0.5) is 0 Å². The quantitative estimate of drug-likeness (QED) is 0.367. The van der Waals surface area contributed by atoms with Gasteiger partial charge in [-0.3, -0.25) is 34.9 Å². The predicted molar refractivity (Wildman–Crippen MR) is 116 cm³/mol. The Balaban J connectivity index is 1.33. The van der Waals surface area contributed by atoms with Crippen LogP contribution < -0.4 is 10.9 Å². The minimum atomic E-state index is -1.09. The van der Waals surface area contributed by atoms with E-state index in [2.05, 4.69) is 10.9 Å². The molecule has 1 aromatic rings. The van der Waals surface area contributed by atoms with Crippen molar-refractivity contribution in [1.82, 2.24) is 15.8 Å². The van der Waals surface area contributed by atoms with Crippen LogP contribution in [-0.2, 0) is 23.9 Å². The maximum atomic E-state index is 13.1. The first kappa shape index (κ1) is 23.2. The number of nitrogens with zero attached hydrogens (tertiary/aromatic N) is 1. The molecule has 3 aliphatic rings. The van der Waals surface area contributed by atoms with Gasteiger partial charge in [0.25, 0.3) is 11.8 Å². The summed E-state index contributed by atoms with van der Waals surface area (Å²) in [4.78, 5) is 64.1. The van der Waals surface area contributed by atoms with E-state index in [1.807, 2.05) is 0 Å². The maximum Gasteiger partial charge on any atom is 0.330 e. The zero-order valence-electron chi connectivity index (χ0n) is 18.4. The van der Waals surface area contributed by atoms with Crippen LogP contribution in [0, 0.1) is 29.6 Å². The molecule has 1 saturated heterocycles. The fourth-order valence-corrected chi connectivity index (χ4v) is 5.57. The Bertz CT molecular complexity index is 966. The average Bonchev–Trinajstić information content (AvgIpc) is 3.46. The van der Waals surface area contributed by atoms with Crippen molar-refractivity contribution in [2.75, 3.05) is 6.61 Å². The molecule has 33 heavy (non-hydrogen) atoms. The van der Waals surface area contributed by atoms with Crippen LogP contribution >= 0.6 is 11.6 Å². The molecule has 0 radical (unpaired) electrons. The van der Waals surface area contributed by atoms with Crippen LogP contribution in [0.25, 0.3) is 0 Å². The second kappa shape index (κ2) is 9.13. The molecule has 1 heterocycles. The summed E-state index contributed by atoms with van der Waals surface area (Å²) in [5.41, 5.74) is 4.66. The van der Waals surface area contributed by atoms with E-state index in [4.69, 9.17) is 16.3 Å². The Morgan fingerprint density at radius 2 is 1.61 bits per heavy atom. The van der Waals surface area contributed by atoms with Gasteiger partial charge in [-0.1, -0.05) is 25.4 Å². The van der Waals surface area contributed by atoms with Gasteiger partial charge in [-0.05, 0) is 61.3 Å². The molecule has 2 saturated carbocycles. The van der Waals surface area contributed by atoms with Crippen molar-refractivity contribution in [3.8, 4) is 0 Å². The molecule has 0 spiro atoms. The zero-order chi connectivity index (χ0) is 23.9. The molecule has 3 fully saturated rings. The summed E-state index contributed by atoms with van der Waals surface area (Å²) in [7, 11) is 0. The highest BCUT2D eigenvalue weighted by atomic mass is 35.5. The highest BCUT2D eigenvalue weighted by Crippen LogP contribution is 2.56. The number of carbonyl (C=O) groups excluding carboxylic acids is 5. The minimum Gasteiger partial charge on any atom is -0.454 e. The van der Waals surface area contributed by atoms with E-state index in [0.717, 1.165) is 24.2 Å². The predicted octanol–water partition coefficient (Wildman–Crippen LogP) is 1.70. The molecule has 4 amide bonds. The Morgan fingerprint density at radius 3 is 2.15 bits per heavy atom. The molecule has 2 N–H and O–H groups in total. The molecule has 5 atom stereocenters. The first-order valence-electron chi connectivity index (χ1n) is 11.1. The number of imide groups is 1. The summed E-state index contributed by atoms with van der Waals surface area (Å²) in [5.74, 6) is -3.38. The maximum absolute atomic E-state index is 13.1. The molecule has 10 heteroatoms. The van der Waals surface area contributed by atoms with Crippen LogP contribution in [0.5, 0.6) is 0 Å². The summed E-state index contributed by atoms with van der Waals surface area (Å²) in [5, 5.41) is 0.466. The van der Waals surface area contributed by atoms with Gasteiger partial charge in [-0.15, -0.1) is 0 Å². The summed E-state index contributed by atoms with van der Waals surface area (Å²) < 4.78 is 5.12. The first-order chi connectivity index (χ1) is 15.7. The van der Waals surface area contributed by atoms with Crippen molar-refractivity contribution >= 4 is 41.2 Å². The van der Waals surface area contributed by atoms with Gasteiger partial charge in [-0.2, -0.15) is 0 Å². The van der Waals surface area contributed by atoms with Gasteiger partial charge in [-0.25, -0.2) is 4.79 Å². The topological polar surface area (TPSA) is 122 Å². The Morgan fingerprint density at radius 1 is 1.03 bits per heavy atom. The lowest BCUT2D eigenvalue weighted by Crippen LogP contribution is -2.50. The number of amides is 4. The molecule has 2 aliphatic carbocycles. The van der Waals surface area contributed by atoms with Crippen molar-refractivity contribution in [3.05, 3.63) is 34.9 Å². The third-order valence-corrected chi connectivity index (χ3v) is 7.13. The van der Waals surface area contributed by atoms with E-state index in [9.17, 15) is 24.0 Å². The molecular weight excluding hydrogens is 450 g/mol. The normalized spacial score (nSPS) is 26.4. The zero-order valence-corrected chi connectivity index (χ0v) is 19.1. The highest BCUT2D eigenvalue weighted by Gasteiger charge is 2.62. The number of ether oxygens (including phenoxy) is 1. The SMILES string of the molecule is CC(C)[C@H](C(=O)OCC(=O)NNC(=O)c1ccc(Cl)cc1)N1C(=O)[C@@H]2[C@H]3CC[C@@H](C3)[C@@H]2C1=O. The summed E-state index contributed by atoms with van der Waals surface area (Å²) in [6.45, 7) is 2.78. The molecule has 0 aromatic heterocycles. The molecule has 9 nitrogen and oxygen atoms in total. The van der Waals surface area contributed by atoms with E-state index in [0.29, 0.717) is 5.02 Å². The van der Waals surface area contributed by atoms with E-state index < -0.39 is 30.4 Å². The van der Waals surface area contributed by atoms with Gasteiger partial charge in [0.1, 0.15) is 6.04 Å². The van der Waals surface area contributed by atoms with Gasteiger partial charge in [0, 0.05) is 10.6 Å². The molecule has 1 aliphatic heterocycles. The monoisotopic (exact) mass is 475 g/mol. The first-order valence-corrected chi connectivity index (χ1v) is 11.4. The number of likely N-dealkylation sites (tertiary alicyclic amines) is 1. The molecule has 0 unspecified atom stereocenters. The van der Waals surface area contributed by atoms with Gasteiger partial charge in [0.15, 0.2) is 6.61 Å². The van der Waals surface area contributed by atoms with Gasteiger partial charge in [0.2, 0.25) is 11.8 Å². The van der Waals surface area contributed by atoms with Crippen molar-refractivity contribution in [1.29, 1.82) is 0 Å². The lowest BCUT2D eigenvalue weighted by atomic mass is 9.81. The van der Waals surface area contributed by atoms with Crippen LogP contribution in [0.1, 0.15) is 43.5 Å². The highest BCUT2D eigenvalue weighted by molar-refractivity contribution is 6.30. The van der Waals surface area contributed by atoms with Gasteiger partial charge >= 0.3 is 5.97 Å². The smallest absolute Gasteiger partial charge is 0.330 e. The van der Waals surface area contributed by atoms with Crippen LogP contribution in [0.3, 0.4) is 0 Å². The number of hydrogen-bond donors (Lipinski definition) is 2. The van der Waals surface area contributed by atoms with E-state index in [1.54, 1.807) is 13.8 Å². The number of fused-ring (bicyclic) bond motifs is 5. The lowest BCUT2D eigenvalue weighted by Gasteiger charge is -2.28. The molecule has 2 bridgehead atoms. The minimum absolute atomic E-state index is 0.209. The van der Waals surface area contributed by atoms with Crippen LogP contribution in [0.2, 0.25) is 5.02 Å². The number of carbonyl (C=O) groups is 5. The fraction of sp³-hybridized carbons (Fsp3) is 0.522. The molecular formula is C23H26ClN3O6. The molecule has 176 valence electrons. The van der Waals surface area contributed by atoms with Crippen molar-refractivity contribution in [3.63, 3.8) is 0 Å². The third kappa shape index (κ3) is 4.34. The largest absolute Gasteiger partial charge is 0.454 e. The van der Waals surface area contributed by atoms with E-state index >= 15 is 0 Å². The van der Waals surface area contributed by atoms with Crippen LogP contribution in [0.15, 0.2) is 24.3 Å². The third-order valence-electron chi connectivity index (χ3n) is 6.88.